The second kappa shape index (κ2) is 24.8. The molecular weight excluding hydrogens is 561 g/mol. The number of hydrogen-bond acceptors (Lipinski definition) is 2. The zero-order valence-electron chi connectivity index (χ0n) is 28.9. The van der Waals surface area contributed by atoms with Gasteiger partial charge in [-0.2, -0.15) is 8.42 Å². The van der Waals surface area contributed by atoms with Crippen molar-refractivity contribution in [3.8, 4) is 0 Å². The topological polar surface area (TPSA) is 54.4 Å². The van der Waals surface area contributed by atoms with Crippen molar-refractivity contribution in [3.63, 3.8) is 0 Å². The third-order valence-electron chi connectivity index (χ3n) is 9.52. The molecule has 0 spiro atoms. The molecule has 0 saturated heterocycles. The van der Waals surface area contributed by atoms with Crippen LogP contribution < -0.4 is 0 Å². The Morgan fingerprint density at radius 1 is 0.477 bits per heavy atom. The summed E-state index contributed by atoms with van der Waals surface area (Å²) in [4.78, 5) is 0.0350. The second-order valence-electron chi connectivity index (χ2n) is 13.6. The molecule has 0 atom stereocenters. The third-order valence-corrected chi connectivity index (χ3v) is 10.3. The van der Waals surface area contributed by atoms with Crippen LogP contribution in [0.25, 0.3) is 10.8 Å². The maximum absolute atomic E-state index is 12.1. The zero-order chi connectivity index (χ0) is 31.7. The lowest BCUT2D eigenvalue weighted by Gasteiger charge is -2.14. The number of rotatable bonds is 29. The van der Waals surface area contributed by atoms with E-state index >= 15 is 0 Å². The van der Waals surface area contributed by atoms with Crippen molar-refractivity contribution >= 4 is 20.9 Å². The van der Waals surface area contributed by atoms with Crippen molar-refractivity contribution in [3.05, 3.63) is 41.5 Å². The Bertz CT molecular complexity index is 1090. The van der Waals surface area contributed by atoms with E-state index in [0.717, 1.165) is 30.2 Å². The van der Waals surface area contributed by atoms with Gasteiger partial charge in [0, 0.05) is 0 Å². The van der Waals surface area contributed by atoms with Gasteiger partial charge in [0.15, 0.2) is 0 Å². The van der Waals surface area contributed by atoms with Crippen LogP contribution >= 0.6 is 0 Å². The van der Waals surface area contributed by atoms with E-state index in [1.165, 1.54) is 171 Å². The Balaban J connectivity index is 1.75. The lowest BCUT2D eigenvalue weighted by Crippen LogP contribution is -2.02. The van der Waals surface area contributed by atoms with E-state index in [0.29, 0.717) is 0 Å². The molecule has 0 unspecified atom stereocenters. The summed E-state index contributed by atoms with van der Waals surface area (Å²) in [7, 11) is -4.23. The first-order valence-electron chi connectivity index (χ1n) is 19.0. The largest absolute Gasteiger partial charge is 0.294 e. The molecule has 1 N–H and O–H groups in total. The maximum Gasteiger partial charge on any atom is 0.294 e. The van der Waals surface area contributed by atoms with Crippen LogP contribution in [0.1, 0.15) is 192 Å². The maximum atomic E-state index is 12.1. The molecule has 0 heterocycles. The number of unbranched alkanes of at least 4 members (excludes halogenated alkanes) is 24. The fraction of sp³-hybridized carbons (Fsp3) is 0.750. The summed E-state index contributed by atoms with van der Waals surface area (Å²) in [6.07, 6.45) is 36.7. The average molecular weight is 629 g/mol. The van der Waals surface area contributed by atoms with Crippen LogP contribution in [0.4, 0.5) is 0 Å². The molecule has 0 amide bonds. The van der Waals surface area contributed by atoms with Crippen molar-refractivity contribution in [2.75, 3.05) is 0 Å². The minimum Gasteiger partial charge on any atom is -0.282 e. The highest BCUT2D eigenvalue weighted by Gasteiger charge is 2.15. The number of hydrogen-bond donors (Lipinski definition) is 1. The molecule has 252 valence electrons. The highest BCUT2D eigenvalue weighted by atomic mass is 32.2. The molecule has 4 heteroatoms. The quantitative estimate of drug-likeness (QED) is 0.0720. The summed E-state index contributed by atoms with van der Waals surface area (Å²) < 4.78 is 34.0. The van der Waals surface area contributed by atoms with E-state index in [1.54, 1.807) is 12.1 Å². The number of fused-ring (bicyclic) bond motifs is 1. The van der Waals surface area contributed by atoms with Crippen molar-refractivity contribution in [1.29, 1.82) is 0 Å². The first kappa shape index (κ1) is 38.8. The van der Waals surface area contributed by atoms with Gasteiger partial charge in [-0.3, -0.25) is 4.55 Å². The van der Waals surface area contributed by atoms with Gasteiger partial charge in [0.2, 0.25) is 0 Å². The molecular formula is C40H68O3S. The normalized spacial score (nSPS) is 12.0. The summed E-state index contributed by atoms with van der Waals surface area (Å²) in [6, 6.07) is 9.67. The van der Waals surface area contributed by atoms with Crippen LogP contribution in [-0.2, 0) is 23.0 Å². The molecule has 0 bridgehead atoms. The van der Waals surface area contributed by atoms with Gasteiger partial charge in [-0.1, -0.05) is 186 Å². The molecule has 3 nitrogen and oxygen atoms in total. The fourth-order valence-corrected chi connectivity index (χ4v) is 7.36. The highest BCUT2D eigenvalue weighted by Crippen LogP contribution is 2.30. The Hall–Kier alpha value is -1.39. The minimum atomic E-state index is -4.23. The first-order valence-corrected chi connectivity index (χ1v) is 20.4. The Morgan fingerprint density at radius 3 is 1.23 bits per heavy atom. The van der Waals surface area contributed by atoms with E-state index in [1.807, 2.05) is 12.1 Å². The van der Waals surface area contributed by atoms with Crippen molar-refractivity contribution < 1.29 is 13.0 Å². The van der Waals surface area contributed by atoms with Crippen LogP contribution in [0.5, 0.6) is 0 Å². The highest BCUT2D eigenvalue weighted by molar-refractivity contribution is 7.85. The van der Waals surface area contributed by atoms with E-state index in [-0.39, 0.29) is 4.90 Å². The van der Waals surface area contributed by atoms with E-state index in [4.69, 9.17) is 0 Å². The number of benzene rings is 2. The molecule has 0 aliphatic rings. The Kier molecular flexibility index (Phi) is 21.9. The molecule has 0 aliphatic carbocycles. The molecule has 2 rings (SSSR count). The molecule has 0 radical (unpaired) electrons. The standard InChI is InChI=1S/C40H68O3S/c1-3-5-7-9-11-13-15-17-19-21-23-25-27-30-36-32-29-33-38-35-39(44(41,42)43)34-37(40(36)38)31-28-26-24-22-20-18-16-14-12-10-8-6-4-2/h29,32-35H,3-28,30-31H2,1-2H3,(H,41,42,43). The van der Waals surface area contributed by atoms with Gasteiger partial charge in [0.1, 0.15) is 0 Å². The van der Waals surface area contributed by atoms with Gasteiger partial charge in [-0.15, -0.1) is 0 Å². The summed E-state index contributed by atoms with van der Waals surface area (Å²) in [5, 5.41) is 2.16. The van der Waals surface area contributed by atoms with Gasteiger partial charge in [0.05, 0.1) is 4.90 Å². The van der Waals surface area contributed by atoms with Gasteiger partial charge < -0.3 is 0 Å². The average Bonchev–Trinajstić information content (AvgIpc) is 3.01. The SMILES string of the molecule is CCCCCCCCCCCCCCCc1cccc2cc(S(=O)(=O)O)cc(CCCCCCCCCCCCCCC)c12. The van der Waals surface area contributed by atoms with Gasteiger partial charge in [-0.25, -0.2) is 0 Å². The van der Waals surface area contributed by atoms with Crippen molar-refractivity contribution in [2.24, 2.45) is 0 Å². The summed E-state index contributed by atoms with van der Waals surface area (Å²) in [5.41, 5.74) is 2.42. The zero-order valence-corrected chi connectivity index (χ0v) is 29.7. The third kappa shape index (κ3) is 17.3. The predicted octanol–water partition coefficient (Wildman–Crippen LogP) is 13.4. The molecule has 0 aliphatic heterocycles. The number of aryl methyl sites for hydroxylation is 2. The van der Waals surface area contributed by atoms with Gasteiger partial charge in [0.25, 0.3) is 10.1 Å². The van der Waals surface area contributed by atoms with Crippen LogP contribution in [0, 0.1) is 0 Å². The molecule has 0 aromatic heterocycles. The van der Waals surface area contributed by atoms with E-state index in [2.05, 4.69) is 19.9 Å². The summed E-state index contributed by atoms with van der Waals surface area (Å²) in [6.45, 7) is 4.56. The lowest BCUT2D eigenvalue weighted by molar-refractivity contribution is 0.483. The molecule has 2 aromatic carbocycles. The molecule has 2 aromatic rings. The molecule has 0 fully saturated rings. The Morgan fingerprint density at radius 2 is 0.841 bits per heavy atom. The van der Waals surface area contributed by atoms with Crippen LogP contribution in [0.15, 0.2) is 35.2 Å². The van der Waals surface area contributed by atoms with Crippen LogP contribution in [0.3, 0.4) is 0 Å². The monoisotopic (exact) mass is 628 g/mol. The van der Waals surface area contributed by atoms with Crippen LogP contribution in [-0.4, -0.2) is 13.0 Å². The van der Waals surface area contributed by atoms with E-state index < -0.39 is 10.1 Å². The predicted molar refractivity (Wildman–Crippen MR) is 193 cm³/mol. The van der Waals surface area contributed by atoms with E-state index in [9.17, 15) is 13.0 Å². The second-order valence-corrected chi connectivity index (χ2v) is 15.0. The minimum absolute atomic E-state index is 0.0350. The molecule has 0 saturated carbocycles. The smallest absolute Gasteiger partial charge is 0.282 e. The molecule has 44 heavy (non-hydrogen) atoms. The van der Waals surface area contributed by atoms with Gasteiger partial charge in [-0.05, 0) is 59.7 Å². The van der Waals surface area contributed by atoms with Crippen LogP contribution in [0.2, 0.25) is 0 Å². The van der Waals surface area contributed by atoms with Crippen molar-refractivity contribution in [1.82, 2.24) is 0 Å². The van der Waals surface area contributed by atoms with Gasteiger partial charge >= 0.3 is 0 Å². The fourth-order valence-electron chi connectivity index (χ4n) is 6.79. The first-order chi connectivity index (χ1) is 21.5. The summed E-state index contributed by atoms with van der Waals surface area (Å²) in [5.74, 6) is 0. The summed E-state index contributed by atoms with van der Waals surface area (Å²) >= 11 is 0. The van der Waals surface area contributed by atoms with Crippen molar-refractivity contribution in [2.45, 2.75) is 199 Å². The lowest BCUT2D eigenvalue weighted by atomic mass is 9.93. The Labute approximate surface area is 273 Å².